The number of unbranched alkanes of at least 4 members (excludes halogenated alkanes) is 3. The second kappa shape index (κ2) is 27.5. The van der Waals surface area contributed by atoms with Crippen molar-refractivity contribution in [3.05, 3.63) is 108 Å². The molecule has 2 nitrogen and oxygen atoms in total. The lowest BCUT2D eigenvalue weighted by Crippen LogP contribution is -2.22. The van der Waals surface area contributed by atoms with Crippen LogP contribution in [-0.4, -0.2) is 11.6 Å². The van der Waals surface area contributed by atoms with Crippen LogP contribution in [0.3, 0.4) is 0 Å². The zero-order valence-corrected chi connectivity index (χ0v) is 58.7. The summed E-state index contributed by atoms with van der Waals surface area (Å²) in [6.45, 7) is 22.5. The summed E-state index contributed by atoms with van der Waals surface area (Å²) >= 11 is 43.0. The maximum absolute atomic E-state index is 16.0. The molecule has 0 radical (unpaired) electrons. The van der Waals surface area contributed by atoms with E-state index >= 15 is 9.59 Å². The Kier molecular flexibility index (Phi) is 21.1. The number of hydrogen-bond acceptors (Lipinski definition) is 10. The Morgan fingerprint density at radius 1 is 0.366 bits per heavy atom. The fourth-order valence-corrected chi connectivity index (χ4v) is 23.8. The molecule has 0 N–H and O–H groups in total. The highest BCUT2D eigenvalue weighted by Crippen LogP contribution is 2.58. The molecule has 3 atom stereocenters. The predicted octanol–water partition coefficient (Wildman–Crippen LogP) is 27.1. The molecule has 1 aliphatic rings. The Balaban J connectivity index is 1.16. The van der Waals surface area contributed by atoms with Gasteiger partial charge in [-0.05, 0) is 99.6 Å². The summed E-state index contributed by atoms with van der Waals surface area (Å²) in [7, 11) is 0. The third-order valence-electron chi connectivity index (χ3n) is 17.4. The number of fused-ring (bicyclic) bond motifs is 4. The first-order valence-corrected chi connectivity index (χ1v) is 38.2. The van der Waals surface area contributed by atoms with Crippen molar-refractivity contribution in [2.24, 2.45) is 23.7 Å². The standard InChI is InChI=1S/C68H76Cl4O2S8/c1-11-19-22-38(16-6)27-48-45(71)33-52(78-48)57-42-30-53(80-65(42)56(41-25-35(9)75-64(41)57)51-32-44(70)47(77-51)26-37(14-4)15-5)66-46(72)34-55(81-66)68-61-60(67(82-68)54-31-43(69)36(10)76-54)62(73)58-49(28-39(17-7)23-20-12-2)79-50(59(58)63(61)74)29-40(18-8)24-21-13-3/h25,30-34,37-40H,11-24,26-29H2,1-10H3. The van der Waals surface area contributed by atoms with Crippen molar-refractivity contribution >= 4 is 169 Å². The summed E-state index contributed by atoms with van der Waals surface area (Å²) in [5.41, 5.74) is 4.82. The van der Waals surface area contributed by atoms with Gasteiger partial charge in [-0.2, -0.15) is 0 Å². The van der Waals surface area contributed by atoms with Crippen LogP contribution in [-0.2, 0) is 25.7 Å². The van der Waals surface area contributed by atoms with Gasteiger partial charge in [0.05, 0.1) is 45.8 Å². The van der Waals surface area contributed by atoms with E-state index in [0.29, 0.717) is 56.0 Å². The van der Waals surface area contributed by atoms with Crippen LogP contribution in [0.15, 0.2) is 36.4 Å². The van der Waals surface area contributed by atoms with Crippen LogP contribution in [0.5, 0.6) is 0 Å². The Morgan fingerprint density at radius 2 is 0.780 bits per heavy atom. The van der Waals surface area contributed by atoms with Gasteiger partial charge in [0.25, 0.3) is 0 Å². The molecule has 0 fully saturated rings. The van der Waals surface area contributed by atoms with Crippen LogP contribution in [0, 0.1) is 37.5 Å². The van der Waals surface area contributed by atoms with Gasteiger partial charge in [0.15, 0.2) is 11.6 Å². The van der Waals surface area contributed by atoms with Crippen molar-refractivity contribution in [3.63, 3.8) is 0 Å². The number of thiophene rings is 8. The quantitative estimate of drug-likeness (QED) is 0.0514. The summed E-state index contributed by atoms with van der Waals surface area (Å²) in [5.74, 6) is 2.00. The SMILES string of the molecule is CCCCC(CC)Cc1sc(-c2c3cc(-c4sc(-c5sc(-c6cc(Cl)c(C)s6)c6c5C(=O)c5c(CC(CC)CCCC)sc(CC(CC)CCCC)c5C6=O)cc4Cl)sc3c(-c3cc(Cl)c(CC(CC)CC)s3)c3cc(C)sc23)cc1Cl. The second-order valence-electron chi connectivity index (χ2n) is 22.9. The number of aryl methyl sites for hydroxylation is 2. The number of hydrogen-bond donors (Lipinski definition) is 0. The molecule has 10 rings (SSSR count). The van der Waals surface area contributed by atoms with Gasteiger partial charge < -0.3 is 0 Å². The summed E-state index contributed by atoms with van der Waals surface area (Å²) in [5, 5.41) is 5.43. The van der Waals surface area contributed by atoms with Gasteiger partial charge in [-0.15, -0.1) is 90.7 Å². The van der Waals surface area contributed by atoms with E-state index in [1.165, 1.54) is 74.9 Å². The summed E-state index contributed by atoms with van der Waals surface area (Å²) in [6, 6.07) is 13.2. The summed E-state index contributed by atoms with van der Waals surface area (Å²) in [4.78, 5) is 46.6. The maximum Gasteiger partial charge on any atom is 0.197 e. The van der Waals surface area contributed by atoms with E-state index in [9.17, 15) is 0 Å². The van der Waals surface area contributed by atoms with Gasteiger partial charge in [0, 0.05) is 96.1 Å². The molecule has 0 spiro atoms. The van der Waals surface area contributed by atoms with Gasteiger partial charge in [0.1, 0.15) is 0 Å². The molecule has 1 aromatic carbocycles. The van der Waals surface area contributed by atoms with E-state index in [2.05, 4.69) is 92.6 Å². The van der Waals surface area contributed by atoms with Gasteiger partial charge in [-0.3, -0.25) is 9.59 Å². The minimum absolute atomic E-state index is 0.0175. The molecule has 0 bridgehead atoms. The molecule has 436 valence electrons. The molecule has 8 heterocycles. The van der Waals surface area contributed by atoms with E-state index < -0.39 is 0 Å². The fraction of sp³-hybridized carbons (Fsp3) is 0.471. The van der Waals surface area contributed by atoms with Crippen molar-refractivity contribution in [1.29, 1.82) is 0 Å². The lowest BCUT2D eigenvalue weighted by atomic mass is 9.81. The predicted molar refractivity (Wildman–Crippen MR) is 373 cm³/mol. The van der Waals surface area contributed by atoms with Crippen molar-refractivity contribution in [3.8, 4) is 50.1 Å². The molecule has 3 unspecified atom stereocenters. The lowest BCUT2D eigenvalue weighted by molar-refractivity contribution is 0.0980. The number of carbonyl (C=O) groups is 2. The second-order valence-corrected chi connectivity index (χ2v) is 33.6. The molecule has 82 heavy (non-hydrogen) atoms. The molecule has 8 aromatic heterocycles. The molecular formula is C68H76Cl4O2S8. The topological polar surface area (TPSA) is 34.1 Å². The van der Waals surface area contributed by atoms with Gasteiger partial charge in [0.2, 0.25) is 0 Å². The first-order chi connectivity index (χ1) is 39.6. The third-order valence-corrected chi connectivity index (χ3v) is 28.9. The Bertz CT molecular complexity index is 3740. The van der Waals surface area contributed by atoms with E-state index in [4.69, 9.17) is 46.4 Å². The molecule has 0 amide bonds. The Hall–Kier alpha value is -2.16. The van der Waals surface area contributed by atoms with Crippen LogP contribution in [0.1, 0.15) is 206 Å². The molecule has 0 saturated heterocycles. The van der Waals surface area contributed by atoms with Crippen molar-refractivity contribution in [2.45, 2.75) is 185 Å². The monoisotopic (exact) mass is 1320 g/mol. The van der Waals surface area contributed by atoms with Crippen LogP contribution in [0.4, 0.5) is 0 Å². The average molecular weight is 1320 g/mol. The highest BCUT2D eigenvalue weighted by molar-refractivity contribution is 7.31. The molecule has 14 heteroatoms. The Morgan fingerprint density at radius 3 is 1.24 bits per heavy atom. The normalized spacial score (nSPS) is 13.9. The maximum atomic E-state index is 16.0. The fourth-order valence-electron chi connectivity index (χ4n) is 12.3. The molecular weight excluding hydrogens is 1250 g/mol. The number of carbonyl (C=O) groups excluding carboxylic acids is 2. The van der Waals surface area contributed by atoms with E-state index in [0.717, 1.165) is 150 Å². The molecule has 9 aromatic rings. The van der Waals surface area contributed by atoms with E-state index in [1.54, 1.807) is 56.7 Å². The molecule has 1 aliphatic carbocycles. The zero-order valence-electron chi connectivity index (χ0n) is 49.1. The van der Waals surface area contributed by atoms with Crippen molar-refractivity contribution in [1.82, 2.24) is 0 Å². The average Bonchev–Trinajstić information content (AvgIpc) is 2.83. The zero-order chi connectivity index (χ0) is 58.3. The highest BCUT2D eigenvalue weighted by Gasteiger charge is 2.42. The smallest absolute Gasteiger partial charge is 0.197 e. The van der Waals surface area contributed by atoms with Crippen LogP contribution < -0.4 is 0 Å². The number of ketones is 2. The van der Waals surface area contributed by atoms with Gasteiger partial charge in [-0.25, -0.2) is 0 Å². The van der Waals surface area contributed by atoms with Crippen molar-refractivity contribution < 1.29 is 9.59 Å². The summed E-state index contributed by atoms with van der Waals surface area (Å²) in [6.07, 6.45) is 19.4. The van der Waals surface area contributed by atoms with Gasteiger partial charge in [-0.1, -0.05) is 192 Å². The first-order valence-electron chi connectivity index (χ1n) is 30.1. The number of benzene rings is 1. The van der Waals surface area contributed by atoms with Crippen LogP contribution in [0.2, 0.25) is 20.1 Å². The number of halogens is 4. The van der Waals surface area contributed by atoms with E-state index in [-0.39, 0.29) is 11.6 Å². The minimum atomic E-state index is -0.0220. The Labute approximate surface area is 539 Å². The first kappa shape index (κ1) is 62.9. The van der Waals surface area contributed by atoms with Crippen LogP contribution in [0.25, 0.3) is 70.3 Å². The highest BCUT2D eigenvalue weighted by atomic mass is 35.5. The molecule has 0 saturated carbocycles. The lowest BCUT2D eigenvalue weighted by Gasteiger charge is -2.19. The van der Waals surface area contributed by atoms with Crippen molar-refractivity contribution in [2.75, 3.05) is 0 Å². The summed E-state index contributed by atoms with van der Waals surface area (Å²) < 4.78 is 2.46. The minimum Gasteiger partial charge on any atom is -0.288 e. The number of rotatable bonds is 27. The largest absolute Gasteiger partial charge is 0.288 e. The third kappa shape index (κ3) is 12.5. The van der Waals surface area contributed by atoms with Crippen LogP contribution >= 0.6 is 137 Å². The molecule has 0 aliphatic heterocycles. The van der Waals surface area contributed by atoms with Gasteiger partial charge >= 0.3 is 0 Å². The van der Waals surface area contributed by atoms with E-state index in [1.807, 2.05) is 47.0 Å².